The van der Waals surface area contributed by atoms with E-state index in [2.05, 4.69) is 10.3 Å². The van der Waals surface area contributed by atoms with Crippen molar-refractivity contribution in [1.82, 2.24) is 15.0 Å². The number of rotatable bonds is 4. The van der Waals surface area contributed by atoms with Crippen LogP contribution in [-0.4, -0.2) is 27.6 Å². The van der Waals surface area contributed by atoms with E-state index in [9.17, 15) is 0 Å². The number of nitrogens with zero attached hydrogens (tertiary/aromatic N) is 3. The third kappa shape index (κ3) is 2.54. The van der Waals surface area contributed by atoms with Crippen molar-refractivity contribution in [2.45, 2.75) is 32.0 Å². The Morgan fingerprint density at radius 1 is 1.60 bits per heavy atom. The highest BCUT2D eigenvalue weighted by Gasteiger charge is 2.26. The largest absolute Gasteiger partial charge is 0.371 e. The highest BCUT2D eigenvalue weighted by molar-refractivity contribution is 4.90. The number of hydrogen-bond acceptors (Lipinski definition) is 4. The number of hydrogen-bond donors (Lipinski definition) is 1. The molecule has 1 aliphatic rings. The molecule has 1 heterocycles. The quantitative estimate of drug-likeness (QED) is 0.784. The van der Waals surface area contributed by atoms with Crippen molar-refractivity contribution in [3.8, 4) is 0 Å². The fourth-order valence-electron chi connectivity index (χ4n) is 2.15. The molecule has 1 aromatic rings. The Kier molecular flexibility index (Phi) is 3.33. The van der Waals surface area contributed by atoms with E-state index in [1.54, 1.807) is 4.68 Å². The fourth-order valence-corrected chi connectivity index (χ4v) is 2.15. The summed E-state index contributed by atoms with van der Waals surface area (Å²) in [5.41, 5.74) is 6.57. The lowest BCUT2D eigenvalue weighted by Gasteiger charge is -2.17. The van der Waals surface area contributed by atoms with E-state index >= 15 is 0 Å². The van der Waals surface area contributed by atoms with Gasteiger partial charge in [-0.05, 0) is 25.3 Å². The van der Waals surface area contributed by atoms with Gasteiger partial charge < -0.3 is 10.5 Å². The van der Waals surface area contributed by atoms with Gasteiger partial charge in [-0.1, -0.05) is 11.6 Å². The summed E-state index contributed by atoms with van der Waals surface area (Å²) in [6.45, 7) is 1.28. The molecule has 2 unspecified atom stereocenters. The molecule has 1 aromatic heterocycles. The predicted molar refractivity (Wildman–Crippen MR) is 56.0 cm³/mol. The van der Waals surface area contributed by atoms with E-state index in [1.807, 2.05) is 13.2 Å². The molecule has 0 aromatic carbocycles. The van der Waals surface area contributed by atoms with Crippen molar-refractivity contribution < 1.29 is 4.74 Å². The predicted octanol–water partition coefficient (Wildman–Crippen LogP) is 0.459. The Morgan fingerprint density at radius 3 is 3.13 bits per heavy atom. The first-order valence-corrected chi connectivity index (χ1v) is 5.46. The summed E-state index contributed by atoms with van der Waals surface area (Å²) in [5, 5.41) is 7.85. The molecule has 1 saturated carbocycles. The summed E-state index contributed by atoms with van der Waals surface area (Å²) >= 11 is 0. The van der Waals surface area contributed by atoms with Gasteiger partial charge in [0, 0.05) is 7.05 Å². The molecule has 2 atom stereocenters. The molecule has 0 amide bonds. The topological polar surface area (TPSA) is 66.0 Å². The van der Waals surface area contributed by atoms with Gasteiger partial charge in [-0.3, -0.25) is 4.68 Å². The van der Waals surface area contributed by atoms with Crippen LogP contribution in [-0.2, 0) is 18.4 Å². The number of aromatic nitrogens is 3. The molecule has 5 heteroatoms. The van der Waals surface area contributed by atoms with Crippen molar-refractivity contribution >= 4 is 0 Å². The Balaban J connectivity index is 1.82. The fraction of sp³-hybridized carbons (Fsp3) is 0.800. The Bertz CT molecular complexity index is 312. The zero-order chi connectivity index (χ0) is 10.7. The first-order chi connectivity index (χ1) is 7.29. The molecular formula is C10H18N4O. The summed E-state index contributed by atoms with van der Waals surface area (Å²) in [5.74, 6) is 0.529. The van der Waals surface area contributed by atoms with Gasteiger partial charge in [-0.2, -0.15) is 0 Å². The van der Waals surface area contributed by atoms with Gasteiger partial charge in [-0.15, -0.1) is 5.10 Å². The second-order valence-corrected chi connectivity index (χ2v) is 4.16. The summed E-state index contributed by atoms with van der Waals surface area (Å²) in [7, 11) is 1.86. The van der Waals surface area contributed by atoms with Gasteiger partial charge in [-0.25, -0.2) is 0 Å². The third-order valence-electron chi connectivity index (χ3n) is 2.99. The van der Waals surface area contributed by atoms with Gasteiger partial charge in [0.15, 0.2) is 0 Å². The van der Waals surface area contributed by atoms with Crippen molar-refractivity contribution in [2.24, 2.45) is 18.7 Å². The molecule has 2 N–H and O–H groups in total. The molecule has 0 radical (unpaired) electrons. The summed E-state index contributed by atoms with van der Waals surface area (Å²) in [6, 6.07) is 0. The second kappa shape index (κ2) is 4.72. The smallest absolute Gasteiger partial charge is 0.108 e. The van der Waals surface area contributed by atoms with Crippen LogP contribution in [0.5, 0.6) is 0 Å². The molecule has 1 fully saturated rings. The van der Waals surface area contributed by atoms with Gasteiger partial charge in [0.2, 0.25) is 0 Å². The zero-order valence-electron chi connectivity index (χ0n) is 9.09. The van der Waals surface area contributed by atoms with Gasteiger partial charge in [0.1, 0.15) is 5.69 Å². The lowest BCUT2D eigenvalue weighted by molar-refractivity contribution is 0.0166. The molecule has 5 nitrogen and oxygen atoms in total. The third-order valence-corrected chi connectivity index (χ3v) is 2.99. The number of ether oxygens (including phenoxy) is 1. The van der Waals surface area contributed by atoms with Crippen molar-refractivity contribution in [2.75, 3.05) is 6.54 Å². The van der Waals surface area contributed by atoms with Crippen molar-refractivity contribution in [3.05, 3.63) is 11.9 Å². The summed E-state index contributed by atoms with van der Waals surface area (Å²) in [4.78, 5) is 0. The van der Waals surface area contributed by atoms with Crippen LogP contribution in [0.25, 0.3) is 0 Å². The normalized spacial score (nSPS) is 26.0. The molecule has 0 bridgehead atoms. The standard InChI is InChI=1S/C10H18N4O/c1-14-6-9(12-13-14)7-15-10-4-2-3-8(10)5-11/h6,8,10H,2-5,7,11H2,1H3. The van der Waals surface area contributed by atoms with E-state index in [-0.39, 0.29) is 0 Å². The van der Waals surface area contributed by atoms with E-state index in [0.717, 1.165) is 18.7 Å². The van der Waals surface area contributed by atoms with E-state index in [4.69, 9.17) is 10.5 Å². The van der Waals surface area contributed by atoms with Gasteiger partial charge in [0.25, 0.3) is 0 Å². The Hall–Kier alpha value is -0.940. The highest BCUT2D eigenvalue weighted by atomic mass is 16.5. The molecule has 0 aliphatic heterocycles. The van der Waals surface area contributed by atoms with E-state index < -0.39 is 0 Å². The van der Waals surface area contributed by atoms with Crippen LogP contribution in [0.1, 0.15) is 25.0 Å². The maximum absolute atomic E-state index is 5.81. The SMILES string of the molecule is Cn1cc(COC2CCCC2CN)nn1. The first kappa shape index (κ1) is 10.6. The lowest BCUT2D eigenvalue weighted by Crippen LogP contribution is -2.25. The van der Waals surface area contributed by atoms with Crippen LogP contribution < -0.4 is 5.73 Å². The molecule has 0 saturated heterocycles. The Morgan fingerprint density at radius 2 is 2.47 bits per heavy atom. The maximum Gasteiger partial charge on any atom is 0.108 e. The molecule has 2 rings (SSSR count). The van der Waals surface area contributed by atoms with Crippen molar-refractivity contribution in [1.29, 1.82) is 0 Å². The van der Waals surface area contributed by atoms with Gasteiger partial charge in [0.05, 0.1) is 18.9 Å². The van der Waals surface area contributed by atoms with Crippen LogP contribution >= 0.6 is 0 Å². The van der Waals surface area contributed by atoms with Crippen LogP contribution in [0.2, 0.25) is 0 Å². The minimum atomic E-state index is 0.317. The molecule has 15 heavy (non-hydrogen) atoms. The average Bonchev–Trinajstić information content (AvgIpc) is 2.83. The van der Waals surface area contributed by atoms with Crippen LogP contribution in [0, 0.1) is 5.92 Å². The molecule has 84 valence electrons. The van der Waals surface area contributed by atoms with Gasteiger partial charge >= 0.3 is 0 Å². The van der Waals surface area contributed by atoms with Crippen LogP contribution in [0.3, 0.4) is 0 Å². The average molecular weight is 210 g/mol. The molecular weight excluding hydrogens is 192 g/mol. The van der Waals surface area contributed by atoms with Crippen LogP contribution in [0.4, 0.5) is 0 Å². The number of aryl methyl sites for hydroxylation is 1. The summed E-state index contributed by atoms with van der Waals surface area (Å²) in [6.07, 6.45) is 5.75. The number of nitrogens with two attached hydrogens (primary N) is 1. The van der Waals surface area contributed by atoms with E-state index in [0.29, 0.717) is 18.6 Å². The maximum atomic E-state index is 5.81. The molecule has 1 aliphatic carbocycles. The van der Waals surface area contributed by atoms with Crippen molar-refractivity contribution in [3.63, 3.8) is 0 Å². The Labute approximate surface area is 89.6 Å². The molecule has 0 spiro atoms. The summed E-state index contributed by atoms with van der Waals surface area (Å²) < 4.78 is 7.50. The minimum Gasteiger partial charge on any atom is -0.371 e. The van der Waals surface area contributed by atoms with E-state index in [1.165, 1.54) is 12.8 Å². The second-order valence-electron chi connectivity index (χ2n) is 4.16. The highest BCUT2D eigenvalue weighted by Crippen LogP contribution is 2.27. The monoisotopic (exact) mass is 210 g/mol. The zero-order valence-corrected chi connectivity index (χ0v) is 9.09. The minimum absolute atomic E-state index is 0.317. The lowest BCUT2D eigenvalue weighted by atomic mass is 10.1. The first-order valence-electron chi connectivity index (χ1n) is 5.46. The van der Waals surface area contributed by atoms with Crippen LogP contribution in [0.15, 0.2) is 6.20 Å².